The topological polar surface area (TPSA) is 90.9 Å². The Morgan fingerprint density at radius 3 is 2.79 bits per heavy atom. The number of carbonyl (C=O) groups excluding carboxylic acids is 1. The molecule has 6 heteroatoms. The smallest absolute Gasteiger partial charge is 0.226 e. The Bertz CT molecular complexity index is 835. The van der Waals surface area contributed by atoms with E-state index < -0.39 is 6.10 Å². The summed E-state index contributed by atoms with van der Waals surface area (Å²) in [6, 6.07) is 9.33. The molecule has 1 atom stereocenters. The number of aromatic amines is 1. The van der Waals surface area contributed by atoms with Crippen molar-refractivity contribution in [1.82, 2.24) is 15.0 Å². The Morgan fingerprint density at radius 2 is 2.08 bits per heavy atom. The van der Waals surface area contributed by atoms with Crippen LogP contribution in [0, 0.1) is 5.92 Å². The minimum absolute atomic E-state index is 0.156. The molecule has 1 unspecified atom stereocenters. The summed E-state index contributed by atoms with van der Waals surface area (Å²) >= 11 is 0. The first kappa shape index (κ1) is 14.8. The number of benzene rings is 1. The molecule has 1 aliphatic rings. The highest BCUT2D eigenvalue weighted by Gasteiger charge is 2.31. The number of imidazole rings is 1. The molecule has 2 heterocycles. The maximum absolute atomic E-state index is 11.9. The van der Waals surface area contributed by atoms with Gasteiger partial charge in [0.2, 0.25) is 5.91 Å². The van der Waals surface area contributed by atoms with Gasteiger partial charge >= 0.3 is 0 Å². The van der Waals surface area contributed by atoms with Crippen LogP contribution in [0.15, 0.2) is 42.7 Å². The maximum atomic E-state index is 11.9. The Kier molecular flexibility index (Phi) is 3.74. The van der Waals surface area contributed by atoms with E-state index in [9.17, 15) is 9.90 Å². The molecule has 1 amide bonds. The van der Waals surface area contributed by atoms with Gasteiger partial charge in [-0.05, 0) is 49.1 Å². The fraction of sp³-hybridized carbons (Fsp3) is 0.278. The number of pyridine rings is 1. The second-order valence-electron chi connectivity index (χ2n) is 6.21. The van der Waals surface area contributed by atoms with E-state index in [1.165, 1.54) is 0 Å². The number of hydrogen-bond acceptors (Lipinski definition) is 4. The molecule has 0 spiro atoms. The van der Waals surface area contributed by atoms with E-state index in [2.05, 4.69) is 20.3 Å². The van der Waals surface area contributed by atoms with Crippen LogP contribution in [0.2, 0.25) is 0 Å². The summed E-state index contributed by atoms with van der Waals surface area (Å²) in [6.45, 7) is 0. The van der Waals surface area contributed by atoms with Crippen molar-refractivity contribution in [2.75, 3.05) is 5.32 Å². The molecule has 24 heavy (non-hydrogen) atoms. The van der Waals surface area contributed by atoms with E-state index in [1.807, 2.05) is 30.3 Å². The highest BCUT2D eigenvalue weighted by molar-refractivity contribution is 5.91. The number of hydrogen-bond donors (Lipinski definition) is 3. The Labute approximate surface area is 139 Å². The molecular weight excluding hydrogens is 304 g/mol. The van der Waals surface area contributed by atoms with Crippen molar-refractivity contribution < 1.29 is 9.90 Å². The van der Waals surface area contributed by atoms with Gasteiger partial charge < -0.3 is 15.4 Å². The third-order valence-electron chi connectivity index (χ3n) is 4.29. The van der Waals surface area contributed by atoms with E-state index in [0.29, 0.717) is 11.6 Å². The van der Waals surface area contributed by atoms with E-state index in [1.54, 1.807) is 12.4 Å². The van der Waals surface area contributed by atoms with Crippen molar-refractivity contribution in [3.8, 4) is 11.4 Å². The van der Waals surface area contributed by atoms with Crippen LogP contribution in [-0.2, 0) is 4.79 Å². The molecule has 0 radical (unpaired) electrons. The fourth-order valence-electron chi connectivity index (χ4n) is 2.75. The SMILES string of the molecule is O=C(CC(O)C1CC1)Nc1ccc(-c2nc3ccncc3[nH]2)cc1. The highest BCUT2D eigenvalue weighted by atomic mass is 16.3. The van der Waals surface area contributed by atoms with Crippen molar-refractivity contribution in [2.45, 2.75) is 25.4 Å². The first-order valence-electron chi connectivity index (χ1n) is 8.07. The number of anilines is 1. The monoisotopic (exact) mass is 322 g/mol. The molecule has 6 nitrogen and oxygen atoms in total. The first-order valence-corrected chi connectivity index (χ1v) is 8.07. The number of rotatable bonds is 5. The van der Waals surface area contributed by atoms with Gasteiger partial charge in [0.1, 0.15) is 5.82 Å². The number of aliphatic hydroxyl groups is 1. The quantitative estimate of drug-likeness (QED) is 0.673. The number of fused-ring (bicyclic) bond motifs is 1. The number of aromatic nitrogens is 3. The normalized spacial score (nSPS) is 15.4. The lowest BCUT2D eigenvalue weighted by Gasteiger charge is -2.10. The summed E-state index contributed by atoms with van der Waals surface area (Å²) in [4.78, 5) is 23.7. The van der Waals surface area contributed by atoms with E-state index in [-0.39, 0.29) is 12.3 Å². The zero-order chi connectivity index (χ0) is 16.5. The van der Waals surface area contributed by atoms with Crippen LogP contribution in [-0.4, -0.2) is 32.1 Å². The molecule has 3 N–H and O–H groups in total. The molecule has 0 saturated heterocycles. The molecule has 1 aliphatic carbocycles. The van der Waals surface area contributed by atoms with Gasteiger partial charge in [0.15, 0.2) is 0 Å². The van der Waals surface area contributed by atoms with Crippen LogP contribution in [0.25, 0.3) is 22.4 Å². The summed E-state index contributed by atoms with van der Waals surface area (Å²) in [5.41, 5.74) is 3.40. The molecule has 1 aromatic carbocycles. The molecule has 122 valence electrons. The molecule has 3 aromatic rings. The fourth-order valence-corrected chi connectivity index (χ4v) is 2.75. The van der Waals surface area contributed by atoms with Crippen LogP contribution in [0.5, 0.6) is 0 Å². The van der Waals surface area contributed by atoms with E-state index in [4.69, 9.17) is 0 Å². The van der Waals surface area contributed by atoms with Crippen molar-refractivity contribution in [1.29, 1.82) is 0 Å². The summed E-state index contributed by atoms with van der Waals surface area (Å²) in [7, 11) is 0. The Morgan fingerprint density at radius 1 is 1.29 bits per heavy atom. The third-order valence-corrected chi connectivity index (χ3v) is 4.29. The maximum Gasteiger partial charge on any atom is 0.226 e. The van der Waals surface area contributed by atoms with Gasteiger partial charge in [-0.15, -0.1) is 0 Å². The standard InChI is InChI=1S/C18H18N4O2/c23-16(11-1-2-11)9-17(24)20-13-5-3-12(4-6-13)18-21-14-7-8-19-10-15(14)22-18/h3-8,10-11,16,23H,1-2,9H2,(H,20,24)(H,21,22). The summed E-state index contributed by atoms with van der Waals surface area (Å²) in [5, 5.41) is 12.6. The minimum Gasteiger partial charge on any atom is -0.392 e. The molecule has 1 fully saturated rings. The average Bonchev–Trinajstić information content (AvgIpc) is 3.34. The average molecular weight is 322 g/mol. The van der Waals surface area contributed by atoms with Gasteiger partial charge in [0.05, 0.1) is 29.8 Å². The van der Waals surface area contributed by atoms with Gasteiger partial charge in [-0.2, -0.15) is 0 Å². The largest absolute Gasteiger partial charge is 0.392 e. The second kappa shape index (κ2) is 6.05. The lowest BCUT2D eigenvalue weighted by atomic mass is 10.1. The minimum atomic E-state index is -0.520. The molecule has 0 aliphatic heterocycles. The summed E-state index contributed by atoms with van der Waals surface area (Å²) in [5.74, 6) is 0.915. The van der Waals surface area contributed by atoms with Crippen LogP contribution in [0.3, 0.4) is 0 Å². The van der Waals surface area contributed by atoms with Gasteiger partial charge in [0, 0.05) is 17.4 Å². The molecule has 1 saturated carbocycles. The van der Waals surface area contributed by atoms with Gasteiger partial charge in [-0.3, -0.25) is 9.78 Å². The lowest BCUT2D eigenvalue weighted by molar-refractivity contribution is -0.118. The van der Waals surface area contributed by atoms with E-state index >= 15 is 0 Å². The number of H-pyrrole nitrogens is 1. The first-order chi connectivity index (χ1) is 11.7. The Hall–Kier alpha value is -2.73. The number of nitrogens with one attached hydrogen (secondary N) is 2. The van der Waals surface area contributed by atoms with Crippen LogP contribution in [0.1, 0.15) is 19.3 Å². The zero-order valence-corrected chi connectivity index (χ0v) is 13.1. The summed E-state index contributed by atoms with van der Waals surface area (Å²) in [6.07, 6.45) is 5.14. The van der Waals surface area contributed by atoms with Crippen molar-refractivity contribution in [2.24, 2.45) is 5.92 Å². The van der Waals surface area contributed by atoms with Crippen molar-refractivity contribution in [3.05, 3.63) is 42.7 Å². The predicted octanol–water partition coefficient (Wildman–Crippen LogP) is 2.72. The highest BCUT2D eigenvalue weighted by Crippen LogP contribution is 2.34. The summed E-state index contributed by atoms with van der Waals surface area (Å²) < 4.78 is 0. The molecule has 4 rings (SSSR count). The Balaban J connectivity index is 1.44. The van der Waals surface area contributed by atoms with Crippen LogP contribution < -0.4 is 5.32 Å². The predicted molar refractivity (Wildman–Crippen MR) is 91.3 cm³/mol. The second-order valence-corrected chi connectivity index (χ2v) is 6.21. The van der Waals surface area contributed by atoms with Crippen molar-refractivity contribution in [3.63, 3.8) is 0 Å². The van der Waals surface area contributed by atoms with Crippen LogP contribution >= 0.6 is 0 Å². The van der Waals surface area contributed by atoms with E-state index in [0.717, 1.165) is 35.3 Å². The zero-order valence-electron chi connectivity index (χ0n) is 13.1. The molecular formula is C18H18N4O2. The van der Waals surface area contributed by atoms with Gasteiger partial charge in [0.25, 0.3) is 0 Å². The molecule has 2 aromatic heterocycles. The number of aliphatic hydroxyl groups excluding tert-OH is 1. The van der Waals surface area contributed by atoms with Gasteiger partial charge in [-0.1, -0.05) is 0 Å². The third kappa shape index (κ3) is 3.14. The lowest BCUT2D eigenvalue weighted by Crippen LogP contribution is -2.21. The number of amides is 1. The number of nitrogens with zero attached hydrogens (tertiary/aromatic N) is 2. The van der Waals surface area contributed by atoms with Crippen LogP contribution in [0.4, 0.5) is 5.69 Å². The van der Waals surface area contributed by atoms with Gasteiger partial charge in [-0.25, -0.2) is 4.98 Å². The van der Waals surface area contributed by atoms with Crippen molar-refractivity contribution >= 4 is 22.6 Å². The number of carbonyl (C=O) groups is 1. The molecule has 0 bridgehead atoms.